The number of pyridine rings is 1. The second-order valence-corrected chi connectivity index (χ2v) is 3.58. The summed E-state index contributed by atoms with van der Waals surface area (Å²) >= 11 is 0. The van der Waals surface area contributed by atoms with Crippen molar-refractivity contribution in [3.8, 4) is 0 Å². The van der Waals surface area contributed by atoms with E-state index >= 15 is 0 Å². The summed E-state index contributed by atoms with van der Waals surface area (Å²) in [6, 6.07) is 3.95. The highest BCUT2D eigenvalue weighted by molar-refractivity contribution is 5.18. The van der Waals surface area contributed by atoms with Gasteiger partial charge in [0.05, 0.1) is 6.10 Å². The molecule has 1 aliphatic rings. The fourth-order valence-electron chi connectivity index (χ4n) is 1.66. The standard InChI is InChI=1S/C10H14N2O/c1-8-7-12-10(2,13-8)9-3-5-11-6-4-9/h3-6,8,12H,7H2,1-2H3. The van der Waals surface area contributed by atoms with Gasteiger partial charge in [-0.15, -0.1) is 0 Å². The summed E-state index contributed by atoms with van der Waals surface area (Å²) < 4.78 is 5.80. The van der Waals surface area contributed by atoms with Crippen molar-refractivity contribution in [1.82, 2.24) is 10.3 Å². The molecule has 70 valence electrons. The zero-order valence-corrected chi connectivity index (χ0v) is 7.95. The molecular formula is C10H14N2O. The molecule has 1 N–H and O–H groups in total. The average Bonchev–Trinajstić information content (AvgIpc) is 2.49. The molecular weight excluding hydrogens is 164 g/mol. The van der Waals surface area contributed by atoms with E-state index in [2.05, 4.69) is 17.2 Å². The van der Waals surface area contributed by atoms with Gasteiger partial charge in [0, 0.05) is 24.5 Å². The molecule has 1 aliphatic heterocycles. The molecule has 2 unspecified atom stereocenters. The molecule has 3 nitrogen and oxygen atoms in total. The van der Waals surface area contributed by atoms with Crippen LogP contribution >= 0.6 is 0 Å². The number of nitrogens with zero attached hydrogens (tertiary/aromatic N) is 1. The van der Waals surface area contributed by atoms with E-state index in [0.29, 0.717) is 0 Å². The number of rotatable bonds is 1. The second kappa shape index (κ2) is 3.09. The predicted octanol–water partition coefficient (Wildman–Crippen LogP) is 1.26. The van der Waals surface area contributed by atoms with Crippen LogP contribution in [-0.4, -0.2) is 17.6 Å². The van der Waals surface area contributed by atoms with Crippen LogP contribution in [0.1, 0.15) is 19.4 Å². The smallest absolute Gasteiger partial charge is 0.143 e. The third-order valence-corrected chi connectivity index (χ3v) is 2.39. The summed E-state index contributed by atoms with van der Waals surface area (Å²) in [7, 11) is 0. The highest BCUT2D eigenvalue weighted by atomic mass is 16.5. The summed E-state index contributed by atoms with van der Waals surface area (Å²) in [6.45, 7) is 5.02. The Kier molecular flexibility index (Phi) is 2.06. The Bertz CT molecular complexity index is 288. The van der Waals surface area contributed by atoms with Gasteiger partial charge in [0.2, 0.25) is 0 Å². The molecule has 0 amide bonds. The van der Waals surface area contributed by atoms with Crippen molar-refractivity contribution in [2.75, 3.05) is 6.54 Å². The maximum atomic E-state index is 5.80. The van der Waals surface area contributed by atoms with E-state index in [-0.39, 0.29) is 11.8 Å². The lowest BCUT2D eigenvalue weighted by molar-refractivity contribution is -0.0343. The van der Waals surface area contributed by atoms with Gasteiger partial charge in [0.1, 0.15) is 5.72 Å². The summed E-state index contributed by atoms with van der Waals surface area (Å²) in [5.41, 5.74) is 0.800. The van der Waals surface area contributed by atoms with Crippen LogP contribution in [-0.2, 0) is 10.5 Å². The number of aromatic nitrogens is 1. The molecule has 1 fully saturated rings. The molecule has 3 heteroatoms. The van der Waals surface area contributed by atoms with E-state index in [1.54, 1.807) is 12.4 Å². The van der Waals surface area contributed by atoms with Crippen molar-refractivity contribution in [3.63, 3.8) is 0 Å². The van der Waals surface area contributed by atoms with Crippen LogP contribution in [0.4, 0.5) is 0 Å². The van der Waals surface area contributed by atoms with Crippen LogP contribution in [0, 0.1) is 0 Å². The van der Waals surface area contributed by atoms with Gasteiger partial charge in [-0.25, -0.2) is 0 Å². The second-order valence-electron chi connectivity index (χ2n) is 3.58. The molecule has 13 heavy (non-hydrogen) atoms. The highest BCUT2D eigenvalue weighted by Crippen LogP contribution is 2.27. The van der Waals surface area contributed by atoms with Crippen LogP contribution < -0.4 is 5.32 Å². The summed E-state index contributed by atoms with van der Waals surface area (Å²) in [5.74, 6) is 0. The van der Waals surface area contributed by atoms with Crippen molar-refractivity contribution < 1.29 is 4.74 Å². The minimum Gasteiger partial charge on any atom is -0.352 e. The van der Waals surface area contributed by atoms with E-state index in [4.69, 9.17) is 4.74 Å². The lowest BCUT2D eigenvalue weighted by Crippen LogP contribution is -2.34. The summed E-state index contributed by atoms with van der Waals surface area (Å²) in [6.07, 6.45) is 3.85. The third-order valence-electron chi connectivity index (χ3n) is 2.39. The SMILES string of the molecule is CC1CNC(C)(c2ccncc2)O1. The Morgan fingerprint density at radius 3 is 2.77 bits per heavy atom. The quantitative estimate of drug-likeness (QED) is 0.703. The van der Waals surface area contributed by atoms with Crippen LogP contribution in [0.3, 0.4) is 0 Å². The van der Waals surface area contributed by atoms with E-state index in [1.165, 1.54) is 0 Å². The Morgan fingerprint density at radius 2 is 2.23 bits per heavy atom. The first-order valence-electron chi connectivity index (χ1n) is 4.54. The monoisotopic (exact) mass is 178 g/mol. The minimum absolute atomic E-state index is 0.276. The van der Waals surface area contributed by atoms with Gasteiger partial charge in [-0.1, -0.05) is 0 Å². The molecule has 0 aromatic carbocycles. The molecule has 0 aliphatic carbocycles. The van der Waals surface area contributed by atoms with Crippen molar-refractivity contribution in [2.24, 2.45) is 0 Å². The maximum Gasteiger partial charge on any atom is 0.143 e. The van der Waals surface area contributed by atoms with Crippen LogP contribution in [0.25, 0.3) is 0 Å². The number of ether oxygens (including phenoxy) is 1. The molecule has 2 rings (SSSR count). The Hall–Kier alpha value is -0.930. The van der Waals surface area contributed by atoms with E-state index in [1.807, 2.05) is 19.1 Å². The van der Waals surface area contributed by atoms with Gasteiger partial charge in [0.25, 0.3) is 0 Å². The minimum atomic E-state index is -0.331. The molecule has 2 heterocycles. The maximum absolute atomic E-state index is 5.80. The van der Waals surface area contributed by atoms with Crippen LogP contribution in [0.15, 0.2) is 24.5 Å². The first-order valence-corrected chi connectivity index (χ1v) is 4.54. The van der Waals surface area contributed by atoms with Gasteiger partial charge < -0.3 is 4.74 Å². The fourth-order valence-corrected chi connectivity index (χ4v) is 1.66. The molecule has 0 spiro atoms. The Labute approximate surface area is 78.1 Å². The molecule has 1 aromatic rings. The van der Waals surface area contributed by atoms with Gasteiger partial charge >= 0.3 is 0 Å². The third kappa shape index (κ3) is 1.57. The van der Waals surface area contributed by atoms with Gasteiger partial charge in [-0.2, -0.15) is 0 Å². The molecule has 1 aromatic heterocycles. The largest absolute Gasteiger partial charge is 0.352 e. The average molecular weight is 178 g/mol. The molecule has 2 atom stereocenters. The van der Waals surface area contributed by atoms with Gasteiger partial charge in [-0.3, -0.25) is 10.3 Å². The fraction of sp³-hybridized carbons (Fsp3) is 0.500. The number of hydrogen-bond donors (Lipinski definition) is 1. The topological polar surface area (TPSA) is 34.2 Å². The van der Waals surface area contributed by atoms with Crippen LogP contribution in [0.2, 0.25) is 0 Å². The first kappa shape index (κ1) is 8.66. The molecule has 1 saturated heterocycles. The van der Waals surface area contributed by atoms with Crippen molar-refractivity contribution in [3.05, 3.63) is 30.1 Å². The summed E-state index contributed by atoms with van der Waals surface area (Å²) in [4.78, 5) is 3.98. The molecule has 0 radical (unpaired) electrons. The molecule has 0 bridgehead atoms. The van der Waals surface area contributed by atoms with E-state index in [0.717, 1.165) is 12.1 Å². The Balaban J connectivity index is 2.26. The first-order chi connectivity index (χ1) is 6.21. The molecule has 0 saturated carbocycles. The summed E-state index contributed by atoms with van der Waals surface area (Å²) in [5, 5.41) is 3.35. The number of nitrogens with one attached hydrogen (secondary N) is 1. The van der Waals surface area contributed by atoms with Crippen molar-refractivity contribution in [2.45, 2.75) is 25.7 Å². The zero-order chi connectivity index (χ0) is 9.31. The van der Waals surface area contributed by atoms with Crippen LogP contribution in [0.5, 0.6) is 0 Å². The predicted molar refractivity (Wildman–Crippen MR) is 50.1 cm³/mol. The lowest BCUT2D eigenvalue weighted by atomic mass is 10.1. The van der Waals surface area contributed by atoms with Crippen molar-refractivity contribution >= 4 is 0 Å². The lowest BCUT2D eigenvalue weighted by Gasteiger charge is -2.24. The highest BCUT2D eigenvalue weighted by Gasteiger charge is 2.34. The Morgan fingerprint density at radius 1 is 1.54 bits per heavy atom. The van der Waals surface area contributed by atoms with E-state index in [9.17, 15) is 0 Å². The number of hydrogen-bond acceptors (Lipinski definition) is 3. The van der Waals surface area contributed by atoms with Gasteiger partial charge in [0.15, 0.2) is 0 Å². The van der Waals surface area contributed by atoms with E-state index < -0.39 is 0 Å². The van der Waals surface area contributed by atoms with Gasteiger partial charge in [-0.05, 0) is 26.0 Å². The normalized spacial score (nSPS) is 33.5. The zero-order valence-electron chi connectivity index (χ0n) is 7.95. The van der Waals surface area contributed by atoms with Crippen molar-refractivity contribution in [1.29, 1.82) is 0 Å².